The summed E-state index contributed by atoms with van der Waals surface area (Å²) in [4.78, 5) is 0. The quantitative estimate of drug-likeness (QED) is 0.131. The van der Waals surface area contributed by atoms with E-state index in [0.29, 0.717) is 0 Å². The normalized spacial score (nSPS) is 12.2. The number of benzene rings is 6. The summed E-state index contributed by atoms with van der Waals surface area (Å²) in [5.41, 5.74) is 6.47. The summed E-state index contributed by atoms with van der Waals surface area (Å²) in [5.74, 6) is 0. The molecule has 6 aromatic carbocycles. The van der Waals surface area contributed by atoms with E-state index < -0.39 is 30.2 Å². The summed E-state index contributed by atoms with van der Waals surface area (Å²) in [6, 6.07) is 48.4. The number of aryl methyl sites for hydroxylation is 6. The predicted molar refractivity (Wildman–Crippen MR) is 200 cm³/mol. The molecule has 49 heavy (non-hydrogen) atoms. The monoisotopic (exact) mass is 718 g/mol. The van der Waals surface area contributed by atoms with E-state index in [1.54, 1.807) is 0 Å². The molecule has 0 aliphatic carbocycles. The first-order chi connectivity index (χ1) is 23.4. The van der Waals surface area contributed by atoms with Crippen LogP contribution in [0.2, 0.25) is 0 Å². The Morgan fingerprint density at radius 3 is 0.592 bits per heavy atom. The summed E-state index contributed by atoms with van der Waals surface area (Å²) in [7, 11) is -7.43. The molecule has 0 radical (unpaired) electrons. The van der Waals surface area contributed by atoms with Gasteiger partial charge in [-0.25, -0.2) is 0 Å². The van der Waals surface area contributed by atoms with Gasteiger partial charge in [0.15, 0.2) is 0 Å². The zero-order valence-corrected chi connectivity index (χ0v) is 32.2. The molecule has 6 rings (SSSR count). The predicted octanol–water partition coefficient (Wildman–Crippen LogP) is 5.88. The second kappa shape index (κ2) is 14.0. The van der Waals surface area contributed by atoms with Gasteiger partial charge in [0, 0.05) is 0 Å². The van der Waals surface area contributed by atoms with E-state index in [2.05, 4.69) is 0 Å². The molecule has 0 aliphatic heterocycles. The van der Waals surface area contributed by atoms with E-state index in [0.717, 1.165) is 64.5 Å². The van der Waals surface area contributed by atoms with E-state index in [1.807, 2.05) is 187 Å². The van der Waals surface area contributed by atoms with Gasteiger partial charge >= 0.3 is 296 Å². The second-order valence-corrected chi connectivity index (χ2v) is 22.5. The van der Waals surface area contributed by atoms with Crippen LogP contribution in [0.3, 0.4) is 0 Å². The van der Waals surface area contributed by atoms with Crippen molar-refractivity contribution in [3.63, 3.8) is 0 Å². The second-order valence-electron chi connectivity index (χ2n) is 13.1. The van der Waals surface area contributed by atoms with Crippen molar-refractivity contribution in [3.8, 4) is 0 Å². The van der Waals surface area contributed by atoms with Crippen molar-refractivity contribution in [2.45, 2.75) is 41.5 Å². The minimum atomic E-state index is -5.78. The average Bonchev–Trinajstić information content (AvgIpc) is 3.08. The van der Waals surface area contributed by atoms with E-state index in [-0.39, 0.29) is 0 Å². The van der Waals surface area contributed by atoms with Gasteiger partial charge in [-0.2, -0.15) is 0 Å². The Hall–Kier alpha value is -4.19. The van der Waals surface area contributed by atoms with E-state index >= 15 is 7.61 Å². The molecule has 0 aliphatic rings. The van der Waals surface area contributed by atoms with Gasteiger partial charge in [-0.1, -0.05) is 0 Å². The van der Waals surface area contributed by atoms with Crippen LogP contribution in [0.25, 0.3) is 0 Å². The number of hydrogen-bond donors (Lipinski definition) is 0. The summed E-state index contributed by atoms with van der Waals surface area (Å²) < 4.78 is 44.2. The molecule has 0 bridgehead atoms. The Bertz CT molecular complexity index is 1770. The fourth-order valence-electron chi connectivity index (χ4n) is 6.34. The van der Waals surface area contributed by atoms with Crippen LogP contribution in [-0.2, 0) is 28.2 Å². The molecular weight excluding hydrogens is 677 g/mol. The molecule has 6 aromatic rings. The molecule has 0 N–H and O–H groups in total. The first kappa shape index (κ1) is 34.7. The SMILES string of the molecule is Cc1ccc([Si]([O][Cr](=[O])(=[O])[O][Si](c2ccc(C)cc2)(c2ccc(C)cc2)c2ccc(C)cc2)(c2ccc(C)cc2)c2ccc(C)cc2)cc1. The third-order valence-electron chi connectivity index (χ3n) is 9.20. The van der Waals surface area contributed by atoms with E-state index in [9.17, 15) is 0 Å². The Labute approximate surface area is 295 Å². The van der Waals surface area contributed by atoms with Gasteiger partial charge in [0.2, 0.25) is 0 Å². The average molecular weight is 719 g/mol. The molecule has 0 saturated heterocycles. The van der Waals surface area contributed by atoms with Crippen molar-refractivity contribution in [1.29, 1.82) is 0 Å². The molecule has 0 heterocycles. The topological polar surface area (TPSA) is 52.6 Å². The fraction of sp³-hybridized carbons (Fsp3) is 0.143. The summed E-state index contributed by atoms with van der Waals surface area (Å²) in [6.45, 7) is 12.2. The maximum absolute atomic E-state index is 15.2. The van der Waals surface area contributed by atoms with E-state index in [4.69, 9.17) is 6.96 Å². The Morgan fingerprint density at radius 2 is 0.449 bits per heavy atom. The van der Waals surface area contributed by atoms with Gasteiger partial charge in [-0.3, -0.25) is 0 Å². The fourth-order valence-corrected chi connectivity index (χ4v) is 19.5. The first-order valence-corrected chi connectivity index (χ1v) is 22.4. The number of hydrogen-bond acceptors (Lipinski definition) is 4. The van der Waals surface area contributed by atoms with Crippen LogP contribution in [0.15, 0.2) is 146 Å². The third kappa shape index (κ3) is 7.11. The summed E-state index contributed by atoms with van der Waals surface area (Å²) in [5, 5.41) is 4.98. The van der Waals surface area contributed by atoms with Gasteiger partial charge in [-0.05, 0) is 0 Å². The summed E-state index contributed by atoms with van der Waals surface area (Å²) >= 11 is -5.78. The zero-order valence-electron chi connectivity index (χ0n) is 28.9. The third-order valence-corrected chi connectivity index (χ3v) is 21.2. The van der Waals surface area contributed by atoms with Crippen molar-refractivity contribution in [2.75, 3.05) is 0 Å². The van der Waals surface area contributed by atoms with Gasteiger partial charge in [0.05, 0.1) is 0 Å². The Morgan fingerprint density at radius 1 is 0.306 bits per heavy atom. The van der Waals surface area contributed by atoms with Gasteiger partial charge < -0.3 is 0 Å². The molecule has 248 valence electrons. The molecule has 0 amide bonds. The van der Waals surface area contributed by atoms with Crippen molar-refractivity contribution in [1.82, 2.24) is 0 Å². The van der Waals surface area contributed by atoms with Gasteiger partial charge in [0.1, 0.15) is 0 Å². The van der Waals surface area contributed by atoms with E-state index in [1.165, 1.54) is 0 Å². The molecule has 0 atom stereocenters. The Kier molecular flexibility index (Phi) is 9.88. The molecule has 0 fully saturated rings. The van der Waals surface area contributed by atoms with Crippen LogP contribution in [0.5, 0.6) is 0 Å². The molecule has 4 nitrogen and oxygen atoms in total. The standard InChI is InChI=1S/2C21H21OSi.Cr.2O/c2*1-16-4-10-19(11-5-16)23(22,20-12-6-17(2)7-13-20)21-14-8-18(3)9-15-21;;;/h2*4-15H,1-3H3;;;/q2*-1;+2;;. The zero-order chi connectivity index (χ0) is 34.8. The molecular formula is C42H42CrO4Si2. The maximum atomic E-state index is 15.2. The number of rotatable bonds is 10. The van der Waals surface area contributed by atoms with Crippen LogP contribution in [0.4, 0.5) is 0 Å². The van der Waals surface area contributed by atoms with Crippen LogP contribution >= 0.6 is 0 Å². The van der Waals surface area contributed by atoms with Crippen molar-refractivity contribution in [2.24, 2.45) is 0 Å². The van der Waals surface area contributed by atoms with Crippen LogP contribution in [0, 0.1) is 41.5 Å². The van der Waals surface area contributed by atoms with Crippen molar-refractivity contribution >= 4 is 47.8 Å². The summed E-state index contributed by atoms with van der Waals surface area (Å²) in [6.07, 6.45) is 0. The molecule has 0 unspecified atom stereocenters. The molecule has 0 spiro atoms. The molecule has 0 saturated carbocycles. The Balaban J connectivity index is 1.63. The molecule has 0 aromatic heterocycles. The van der Waals surface area contributed by atoms with Crippen LogP contribution < -0.4 is 31.1 Å². The van der Waals surface area contributed by atoms with Crippen molar-refractivity contribution in [3.05, 3.63) is 179 Å². The first-order valence-electron chi connectivity index (χ1n) is 16.5. The van der Waals surface area contributed by atoms with Gasteiger partial charge in [0.25, 0.3) is 0 Å². The van der Waals surface area contributed by atoms with Crippen molar-refractivity contribution < 1.29 is 28.2 Å². The molecule has 7 heteroatoms. The van der Waals surface area contributed by atoms with Crippen LogP contribution in [-0.4, -0.2) is 16.6 Å². The van der Waals surface area contributed by atoms with Crippen LogP contribution in [0.1, 0.15) is 33.4 Å². The minimum absolute atomic E-state index is 0.830. The van der Waals surface area contributed by atoms with Gasteiger partial charge in [-0.15, -0.1) is 0 Å².